The second-order valence-corrected chi connectivity index (χ2v) is 3.51. The van der Waals surface area contributed by atoms with E-state index in [1.165, 1.54) is 6.07 Å². The third-order valence-corrected chi connectivity index (χ3v) is 2.31. The molecule has 0 bridgehead atoms. The molecule has 2 aromatic rings. The van der Waals surface area contributed by atoms with Crippen LogP contribution in [0.1, 0.15) is 16.8 Å². The Morgan fingerprint density at radius 3 is 2.47 bits per heavy atom. The Bertz CT molecular complexity index is 633. The molecular formula is C14H10N2O. The zero-order chi connectivity index (χ0) is 12.1. The summed E-state index contributed by atoms with van der Waals surface area (Å²) in [5.41, 5.74) is 1.50. The van der Waals surface area contributed by atoms with Crippen molar-refractivity contribution in [2.24, 2.45) is 0 Å². The van der Waals surface area contributed by atoms with E-state index in [2.05, 4.69) is 4.98 Å². The van der Waals surface area contributed by atoms with Crippen LogP contribution in [0.15, 0.2) is 47.3 Å². The van der Waals surface area contributed by atoms with Crippen molar-refractivity contribution in [2.75, 3.05) is 0 Å². The molecule has 17 heavy (non-hydrogen) atoms. The van der Waals surface area contributed by atoms with Crippen LogP contribution in [0.2, 0.25) is 0 Å². The molecule has 0 spiro atoms. The van der Waals surface area contributed by atoms with Crippen molar-refractivity contribution in [3.63, 3.8) is 0 Å². The molecule has 3 nitrogen and oxygen atoms in total. The van der Waals surface area contributed by atoms with Crippen molar-refractivity contribution in [2.45, 2.75) is 0 Å². The van der Waals surface area contributed by atoms with Gasteiger partial charge in [-0.25, -0.2) is 0 Å². The van der Waals surface area contributed by atoms with Gasteiger partial charge < -0.3 is 4.98 Å². The van der Waals surface area contributed by atoms with Crippen LogP contribution in [0.3, 0.4) is 0 Å². The minimum Gasteiger partial charge on any atom is -0.321 e. The highest BCUT2D eigenvalue weighted by Gasteiger charge is 1.96. The van der Waals surface area contributed by atoms with Crippen LogP contribution < -0.4 is 5.56 Å². The van der Waals surface area contributed by atoms with Crippen LogP contribution in [0, 0.1) is 11.3 Å². The molecule has 0 fully saturated rings. The smallest absolute Gasteiger partial charge is 0.266 e. The Labute approximate surface area is 98.7 Å². The molecule has 0 unspecified atom stereocenters. The monoisotopic (exact) mass is 222 g/mol. The fraction of sp³-hybridized carbons (Fsp3) is 0. The summed E-state index contributed by atoms with van der Waals surface area (Å²) in [6, 6.07) is 14.8. The summed E-state index contributed by atoms with van der Waals surface area (Å²) in [6.07, 6.45) is 3.70. The summed E-state index contributed by atoms with van der Waals surface area (Å²) in [5, 5.41) is 8.63. The van der Waals surface area contributed by atoms with Crippen molar-refractivity contribution < 1.29 is 0 Å². The van der Waals surface area contributed by atoms with E-state index < -0.39 is 0 Å². The number of H-pyrrole nitrogens is 1. The summed E-state index contributed by atoms with van der Waals surface area (Å²) in [4.78, 5) is 14.0. The van der Waals surface area contributed by atoms with Gasteiger partial charge in [0.2, 0.25) is 0 Å². The second kappa shape index (κ2) is 4.95. The lowest BCUT2D eigenvalue weighted by Gasteiger charge is -1.94. The number of pyridine rings is 1. The van der Waals surface area contributed by atoms with Crippen molar-refractivity contribution in [1.82, 2.24) is 4.98 Å². The van der Waals surface area contributed by atoms with Crippen LogP contribution >= 0.6 is 0 Å². The number of nitrogens with zero attached hydrogens (tertiary/aromatic N) is 1. The highest BCUT2D eigenvalue weighted by Crippen LogP contribution is 2.05. The molecule has 0 atom stereocenters. The average Bonchev–Trinajstić information content (AvgIpc) is 2.38. The van der Waals surface area contributed by atoms with Crippen molar-refractivity contribution in [3.8, 4) is 6.07 Å². The predicted octanol–water partition coefficient (Wildman–Crippen LogP) is 2.42. The van der Waals surface area contributed by atoms with E-state index in [0.717, 1.165) is 5.56 Å². The molecular weight excluding hydrogens is 212 g/mol. The number of hydrogen-bond donors (Lipinski definition) is 1. The maximum Gasteiger partial charge on any atom is 0.266 e. The first-order chi connectivity index (χ1) is 8.29. The molecule has 1 N–H and O–H groups in total. The van der Waals surface area contributed by atoms with E-state index in [9.17, 15) is 4.79 Å². The fourth-order valence-corrected chi connectivity index (χ4v) is 1.42. The highest BCUT2D eigenvalue weighted by molar-refractivity contribution is 5.67. The number of rotatable bonds is 2. The van der Waals surface area contributed by atoms with E-state index in [0.29, 0.717) is 5.69 Å². The average molecular weight is 222 g/mol. The van der Waals surface area contributed by atoms with Gasteiger partial charge in [-0.3, -0.25) is 4.79 Å². The van der Waals surface area contributed by atoms with Crippen LogP contribution in [0.25, 0.3) is 12.2 Å². The largest absolute Gasteiger partial charge is 0.321 e. The molecule has 1 aromatic carbocycles. The van der Waals surface area contributed by atoms with Crippen LogP contribution in [-0.4, -0.2) is 4.98 Å². The zero-order valence-electron chi connectivity index (χ0n) is 9.05. The normalized spacial score (nSPS) is 10.3. The second-order valence-electron chi connectivity index (χ2n) is 3.51. The van der Waals surface area contributed by atoms with Gasteiger partial charge in [0.25, 0.3) is 5.56 Å². The number of aromatic amines is 1. The zero-order valence-corrected chi connectivity index (χ0v) is 9.05. The first kappa shape index (κ1) is 10.9. The van der Waals surface area contributed by atoms with Gasteiger partial charge in [-0.1, -0.05) is 36.4 Å². The van der Waals surface area contributed by atoms with Gasteiger partial charge in [0.1, 0.15) is 11.6 Å². The Kier molecular flexibility index (Phi) is 3.18. The molecule has 82 valence electrons. The van der Waals surface area contributed by atoms with Gasteiger partial charge in [-0.15, -0.1) is 0 Å². The quantitative estimate of drug-likeness (QED) is 0.848. The number of hydrogen-bond acceptors (Lipinski definition) is 2. The number of nitrogens with one attached hydrogen (secondary N) is 1. The van der Waals surface area contributed by atoms with Gasteiger partial charge in [0.05, 0.1) is 0 Å². The number of benzene rings is 1. The van der Waals surface area contributed by atoms with Crippen LogP contribution in [0.5, 0.6) is 0 Å². The van der Waals surface area contributed by atoms with E-state index in [-0.39, 0.29) is 11.1 Å². The van der Waals surface area contributed by atoms with Crippen molar-refractivity contribution >= 4 is 12.2 Å². The van der Waals surface area contributed by atoms with Crippen LogP contribution in [-0.2, 0) is 0 Å². The number of aromatic nitrogens is 1. The van der Waals surface area contributed by atoms with E-state index in [4.69, 9.17) is 5.26 Å². The Hall–Kier alpha value is -2.60. The van der Waals surface area contributed by atoms with Gasteiger partial charge in [-0.05, 0) is 23.8 Å². The summed E-state index contributed by atoms with van der Waals surface area (Å²) in [7, 11) is 0. The maximum absolute atomic E-state index is 11.4. The standard InChI is InChI=1S/C14H10N2O/c15-10-12-7-9-13(16-14(12)17)8-6-11-4-2-1-3-5-11/h1-9H,(H,16,17)/b8-6+. The van der Waals surface area contributed by atoms with Crippen molar-refractivity contribution in [3.05, 3.63) is 69.6 Å². The Morgan fingerprint density at radius 2 is 1.82 bits per heavy atom. The molecule has 0 aliphatic heterocycles. The molecule has 3 heteroatoms. The molecule has 0 aliphatic rings. The molecule has 2 rings (SSSR count). The molecule has 1 heterocycles. The predicted molar refractivity (Wildman–Crippen MR) is 67.1 cm³/mol. The minimum absolute atomic E-state index is 0.127. The summed E-state index contributed by atoms with van der Waals surface area (Å²) >= 11 is 0. The fourth-order valence-electron chi connectivity index (χ4n) is 1.42. The molecule has 0 aliphatic carbocycles. The van der Waals surface area contributed by atoms with E-state index in [1.54, 1.807) is 12.1 Å². The molecule has 1 aromatic heterocycles. The van der Waals surface area contributed by atoms with Gasteiger partial charge in [0, 0.05) is 5.69 Å². The topological polar surface area (TPSA) is 56.6 Å². The summed E-state index contributed by atoms with van der Waals surface area (Å²) in [5.74, 6) is 0. The first-order valence-electron chi connectivity index (χ1n) is 5.16. The SMILES string of the molecule is N#Cc1ccc(/C=C/c2ccccc2)[nH]c1=O. The third-order valence-electron chi connectivity index (χ3n) is 2.31. The first-order valence-corrected chi connectivity index (χ1v) is 5.16. The lowest BCUT2D eigenvalue weighted by Crippen LogP contribution is -2.10. The van der Waals surface area contributed by atoms with Gasteiger partial charge in [0.15, 0.2) is 0 Å². The summed E-state index contributed by atoms with van der Waals surface area (Å²) < 4.78 is 0. The Balaban J connectivity index is 2.26. The highest BCUT2D eigenvalue weighted by atomic mass is 16.1. The molecule has 0 radical (unpaired) electrons. The van der Waals surface area contributed by atoms with E-state index in [1.807, 2.05) is 42.5 Å². The third kappa shape index (κ3) is 2.70. The molecule has 0 saturated carbocycles. The van der Waals surface area contributed by atoms with Gasteiger partial charge in [-0.2, -0.15) is 5.26 Å². The van der Waals surface area contributed by atoms with Crippen LogP contribution in [0.4, 0.5) is 0 Å². The Morgan fingerprint density at radius 1 is 1.06 bits per heavy atom. The lowest BCUT2D eigenvalue weighted by atomic mass is 10.2. The van der Waals surface area contributed by atoms with Gasteiger partial charge >= 0.3 is 0 Å². The maximum atomic E-state index is 11.4. The summed E-state index contributed by atoms with van der Waals surface area (Å²) in [6.45, 7) is 0. The van der Waals surface area contributed by atoms with E-state index >= 15 is 0 Å². The van der Waals surface area contributed by atoms with Crippen molar-refractivity contribution in [1.29, 1.82) is 5.26 Å². The molecule has 0 amide bonds. The minimum atomic E-state index is -0.359. The number of nitriles is 1. The molecule has 0 saturated heterocycles. The lowest BCUT2D eigenvalue weighted by molar-refractivity contribution is 1.19.